The summed E-state index contributed by atoms with van der Waals surface area (Å²) in [5, 5.41) is 2.64. The molecular formula is C19H23F6N3O3S. The third kappa shape index (κ3) is 5.73. The number of piperazine rings is 1. The number of nitrogens with zero attached hydrogens (tertiary/aromatic N) is 1. The van der Waals surface area contributed by atoms with Gasteiger partial charge in [0, 0.05) is 31.6 Å². The van der Waals surface area contributed by atoms with Gasteiger partial charge in [0.15, 0.2) is 0 Å². The molecule has 2 aliphatic rings. The Balaban J connectivity index is 1.59. The van der Waals surface area contributed by atoms with E-state index in [1.54, 1.807) is 0 Å². The van der Waals surface area contributed by atoms with Gasteiger partial charge in [-0.25, -0.2) is 13.1 Å². The molecule has 1 saturated heterocycles. The Morgan fingerprint density at radius 3 is 2.12 bits per heavy atom. The van der Waals surface area contributed by atoms with Crippen LogP contribution in [0.4, 0.5) is 26.3 Å². The molecule has 1 amide bonds. The van der Waals surface area contributed by atoms with Crippen LogP contribution in [0.25, 0.3) is 0 Å². The lowest BCUT2D eigenvalue weighted by Crippen LogP contribution is -2.60. The van der Waals surface area contributed by atoms with E-state index in [0.29, 0.717) is 12.1 Å². The topological polar surface area (TPSA) is 78.5 Å². The van der Waals surface area contributed by atoms with Crippen LogP contribution in [-0.2, 0) is 21.0 Å². The Kier molecular flexibility index (Phi) is 7.11. The Labute approximate surface area is 181 Å². The minimum Gasteiger partial charge on any atom is -0.328 e. The normalized spacial score (nSPS) is 25.6. The van der Waals surface area contributed by atoms with Crippen LogP contribution in [0.2, 0.25) is 0 Å². The highest BCUT2D eigenvalue weighted by molar-refractivity contribution is 7.89. The molecule has 1 heterocycles. The van der Waals surface area contributed by atoms with E-state index < -0.39 is 51.8 Å². The molecule has 3 rings (SSSR count). The first-order chi connectivity index (χ1) is 14.8. The summed E-state index contributed by atoms with van der Waals surface area (Å²) in [7, 11) is -4.08. The highest BCUT2D eigenvalue weighted by Crippen LogP contribution is 2.32. The van der Waals surface area contributed by atoms with Gasteiger partial charge in [-0.3, -0.25) is 4.79 Å². The quantitative estimate of drug-likeness (QED) is 0.641. The molecule has 13 heteroatoms. The molecule has 6 nitrogen and oxygen atoms in total. The van der Waals surface area contributed by atoms with Gasteiger partial charge in [-0.2, -0.15) is 26.3 Å². The number of sulfonamides is 1. The van der Waals surface area contributed by atoms with Crippen molar-refractivity contribution in [2.45, 2.75) is 55.0 Å². The lowest BCUT2D eigenvalue weighted by atomic mass is 9.85. The smallest absolute Gasteiger partial charge is 0.328 e. The zero-order chi connectivity index (χ0) is 23.7. The maximum atomic E-state index is 13.2. The average Bonchev–Trinajstić information content (AvgIpc) is 2.72. The van der Waals surface area contributed by atoms with Gasteiger partial charge in [-0.15, -0.1) is 0 Å². The lowest BCUT2D eigenvalue weighted by Gasteiger charge is -2.40. The van der Waals surface area contributed by atoms with Crippen molar-refractivity contribution in [3.63, 3.8) is 0 Å². The van der Waals surface area contributed by atoms with Crippen LogP contribution < -0.4 is 10.0 Å². The second kappa shape index (κ2) is 9.18. The van der Waals surface area contributed by atoms with Crippen molar-refractivity contribution >= 4 is 15.9 Å². The highest BCUT2D eigenvalue weighted by Gasteiger charge is 2.47. The first-order valence-electron chi connectivity index (χ1n) is 10.1. The average molecular weight is 487 g/mol. The summed E-state index contributed by atoms with van der Waals surface area (Å²) in [5.41, 5.74) is -0.972. The number of halogens is 6. The standard InChI is InChI=1S/C19H23F6N3O3S/c20-18(21,22)13-3-7-15(8-4-13)32(30,31)27-14-5-1-12(2-6-14)17(29)28-10-9-26-11-16(28)19(23,24)25/h3-4,7-8,12,14,16,26-27H,1-2,5-6,9-11H2. The first-order valence-corrected chi connectivity index (χ1v) is 11.5. The molecule has 1 aromatic rings. The van der Waals surface area contributed by atoms with E-state index in [1.807, 2.05) is 0 Å². The van der Waals surface area contributed by atoms with Crippen LogP contribution in [0.1, 0.15) is 31.2 Å². The molecule has 0 bridgehead atoms. The summed E-state index contributed by atoms with van der Waals surface area (Å²) in [6, 6.07) is 0.625. The van der Waals surface area contributed by atoms with Gasteiger partial charge in [0.05, 0.1) is 10.5 Å². The molecule has 180 valence electrons. The fraction of sp³-hybridized carbons (Fsp3) is 0.632. The minimum absolute atomic E-state index is 0.0521. The summed E-state index contributed by atoms with van der Waals surface area (Å²) in [6.07, 6.45) is -8.23. The predicted octanol–water partition coefficient (Wildman–Crippen LogP) is 2.91. The van der Waals surface area contributed by atoms with Gasteiger partial charge in [0.2, 0.25) is 15.9 Å². The van der Waals surface area contributed by atoms with Crippen molar-refractivity contribution in [1.82, 2.24) is 14.9 Å². The molecule has 1 atom stereocenters. The SMILES string of the molecule is O=C(C1CCC(NS(=O)(=O)c2ccc(C(F)(F)F)cc2)CC1)N1CCNCC1C(F)(F)F. The second-order valence-electron chi connectivity index (χ2n) is 7.99. The van der Waals surface area contributed by atoms with Crippen LogP contribution >= 0.6 is 0 Å². The summed E-state index contributed by atoms with van der Waals surface area (Å²) >= 11 is 0. The van der Waals surface area contributed by atoms with Crippen LogP contribution in [-0.4, -0.2) is 57.1 Å². The van der Waals surface area contributed by atoms with Gasteiger partial charge in [-0.05, 0) is 49.9 Å². The van der Waals surface area contributed by atoms with Crippen molar-refractivity contribution in [2.75, 3.05) is 19.6 Å². The largest absolute Gasteiger partial charge is 0.416 e. The zero-order valence-electron chi connectivity index (χ0n) is 16.8. The maximum Gasteiger partial charge on any atom is 0.416 e. The van der Waals surface area contributed by atoms with Crippen LogP contribution in [0.3, 0.4) is 0 Å². The summed E-state index contributed by atoms with van der Waals surface area (Å²) in [6.45, 7) is -0.151. The molecule has 32 heavy (non-hydrogen) atoms. The number of carbonyl (C=O) groups is 1. The summed E-state index contributed by atoms with van der Waals surface area (Å²) in [4.78, 5) is 13.2. The van der Waals surface area contributed by atoms with Crippen molar-refractivity contribution in [1.29, 1.82) is 0 Å². The molecule has 1 aliphatic carbocycles. The van der Waals surface area contributed by atoms with Crippen LogP contribution in [0, 0.1) is 5.92 Å². The maximum absolute atomic E-state index is 13.2. The number of carbonyl (C=O) groups excluding carboxylic acids is 1. The Morgan fingerprint density at radius 2 is 1.59 bits per heavy atom. The highest BCUT2D eigenvalue weighted by atomic mass is 32.2. The first kappa shape index (κ1) is 24.8. The van der Waals surface area contributed by atoms with E-state index in [1.165, 1.54) is 0 Å². The van der Waals surface area contributed by atoms with E-state index in [9.17, 15) is 39.6 Å². The molecule has 0 spiro atoms. The third-order valence-corrected chi connectivity index (χ3v) is 7.33. The van der Waals surface area contributed by atoms with Gasteiger partial charge in [0.1, 0.15) is 6.04 Å². The molecular weight excluding hydrogens is 464 g/mol. The van der Waals surface area contributed by atoms with Crippen LogP contribution in [0.5, 0.6) is 0 Å². The van der Waals surface area contributed by atoms with E-state index in [2.05, 4.69) is 10.0 Å². The Hall–Kier alpha value is -1.86. The van der Waals surface area contributed by atoms with Gasteiger partial charge in [0.25, 0.3) is 0 Å². The van der Waals surface area contributed by atoms with E-state index >= 15 is 0 Å². The molecule has 1 aromatic carbocycles. The van der Waals surface area contributed by atoms with Crippen LogP contribution in [0.15, 0.2) is 29.2 Å². The number of nitrogens with one attached hydrogen (secondary N) is 2. The van der Waals surface area contributed by atoms with E-state index in [0.717, 1.165) is 17.0 Å². The van der Waals surface area contributed by atoms with Crippen molar-refractivity contribution in [3.8, 4) is 0 Å². The lowest BCUT2D eigenvalue weighted by molar-refractivity contribution is -0.194. The minimum atomic E-state index is -4.59. The number of rotatable bonds is 4. The number of amides is 1. The molecule has 0 aromatic heterocycles. The predicted molar refractivity (Wildman–Crippen MR) is 102 cm³/mol. The second-order valence-corrected chi connectivity index (χ2v) is 9.70. The molecule has 0 radical (unpaired) electrons. The van der Waals surface area contributed by atoms with Gasteiger partial charge in [-0.1, -0.05) is 0 Å². The number of alkyl halides is 6. The number of hydrogen-bond acceptors (Lipinski definition) is 4. The molecule has 1 aliphatic heterocycles. The van der Waals surface area contributed by atoms with Gasteiger partial charge < -0.3 is 10.2 Å². The molecule has 1 unspecified atom stereocenters. The molecule has 1 saturated carbocycles. The van der Waals surface area contributed by atoms with Crippen molar-refractivity contribution in [3.05, 3.63) is 29.8 Å². The van der Waals surface area contributed by atoms with Crippen molar-refractivity contribution < 1.29 is 39.6 Å². The van der Waals surface area contributed by atoms with Gasteiger partial charge >= 0.3 is 12.4 Å². The third-order valence-electron chi connectivity index (χ3n) is 5.79. The Morgan fingerprint density at radius 1 is 1.00 bits per heavy atom. The molecule has 2 fully saturated rings. The van der Waals surface area contributed by atoms with Crippen molar-refractivity contribution in [2.24, 2.45) is 5.92 Å². The fourth-order valence-electron chi connectivity index (χ4n) is 4.06. The number of hydrogen-bond donors (Lipinski definition) is 2. The number of benzene rings is 1. The Bertz CT molecular complexity index is 910. The van der Waals surface area contributed by atoms with E-state index in [-0.39, 0.29) is 50.2 Å². The molecule has 2 N–H and O–H groups in total. The van der Waals surface area contributed by atoms with E-state index in [4.69, 9.17) is 0 Å². The fourth-order valence-corrected chi connectivity index (χ4v) is 5.37. The monoisotopic (exact) mass is 487 g/mol. The summed E-state index contributed by atoms with van der Waals surface area (Å²) in [5.74, 6) is -1.22. The summed E-state index contributed by atoms with van der Waals surface area (Å²) < 4.78 is 105. The zero-order valence-corrected chi connectivity index (χ0v) is 17.7.